The third-order valence-electron chi connectivity index (χ3n) is 3.85. The fourth-order valence-corrected chi connectivity index (χ4v) is 3.11. The van der Waals surface area contributed by atoms with Gasteiger partial charge in [-0.05, 0) is 49.8 Å². The molecule has 0 saturated heterocycles. The lowest BCUT2D eigenvalue weighted by Crippen LogP contribution is -2.35. The molecule has 0 N–H and O–H groups in total. The Bertz CT molecular complexity index is 683. The van der Waals surface area contributed by atoms with E-state index >= 15 is 0 Å². The van der Waals surface area contributed by atoms with E-state index in [2.05, 4.69) is 0 Å². The molecule has 7 heteroatoms. The minimum atomic E-state index is -3.98. The molecular formula is C14H15ClFNO3S. The molecule has 1 amide bonds. The van der Waals surface area contributed by atoms with Gasteiger partial charge in [0.15, 0.2) is 0 Å². The molecule has 0 unspecified atom stereocenters. The number of rotatable bonds is 5. The van der Waals surface area contributed by atoms with Crippen molar-refractivity contribution in [3.05, 3.63) is 29.6 Å². The third-order valence-corrected chi connectivity index (χ3v) is 5.20. The Kier molecular flexibility index (Phi) is 3.69. The molecule has 0 spiro atoms. The van der Waals surface area contributed by atoms with Crippen LogP contribution in [0.25, 0.3) is 0 Å². The lowest BCUT2D eigenvalue weighted by Gasteiger charge is -2.22. The maximum atomic E-state index is 13.9. The molecule has 21 heavy (non-hydrogen) atoms. The number of carbonyl (C=O) groups excluding carboxylic acids is 1. The highest BCUT2D eigenvalue weighted by Crippen LogP contribution is 2.36. The highest BCUT2D eigenvalue weighted by Gasteiger charge is 2.37. The second-order valence-corrected chi connectivity index (χ2v) is 8.28. The smallest absolute Gasteiger partial charge is 0.261 e. The Balaban J connectivity index is 1.91. The molecule has 0 bridgehead atoms. The fraction of sp³-hybridized carbons (Fsp3) is 0.500. The van der Waals surface area contributed by atoms with Crippen LogP contribution in [-0.4, -0.2) is 31.8 Å². The van der Waals surface area contributed by atoms with Crippen molar-refractivity contribution in [2.24, 2.45) is 5.92 Å². The number of hydrogen-bond donors (Lipinski definition) is 0. The first-order chi connectivity index (χ1) is 9.86. The number of benzene rings is 1. The quantitative estimate of drug-likeness (QED) is 0.780. The first-order valence-corrected chi connectivity index (χ1v) is 9.22. The molecule has 2 aliphatic carbocycles. The summed E-state index contributed by atoms with van der Waals surface area (Å²) in [6, 6.07) is 3.23. The van der Waals surface area contributed by atoms with Gasteiger partial charge >= 0.3 is 0 Å². The highest BCUT2D eigenvalue weighted by atomic mass is 35.7. The van der Waals surface area contributed by atoms with Gasteiger partial charge in [0, 0.05) is 23.3 Å². The zero-order chi connectivity index (χ0) is 15.2. The fourth-order valence-electron chi connectivity index (χ4n) is 2.34. The Morgan fingerprint density at radius 3 is 2.48 bits per heavy atom. The van der Waals surface area contributed by atoms with Gasteiger partial charge in [0.2, 0.25) is 0 Å². The van der Waals surface area contributed by atoms with Crippen molar-refractivity contribution in [3.8, 4) is 0 Å². The molecule has 0 aromatic heterocycles. The number of hydrogen-bond acceptors (Lipinski definition) is 3. The third kappa shape index (κ3) is 3.37. The van der Waals surface area contributed by atoms with Crippen molar-refractivity contribution >= 4 is 25.6 Å². The average molecular weight is 332 g/mol. The lowest BCUT2D eigenvalue weighted by molar-refractivity contribution is 0.0729. The van der Waals surface area contributed by atoms with Crippen LogP contribution in [0.5, 0.6) is 0 Å². The molecule has 2 saturated carbocycles. The maximum absolute atomic E-state index is 13.9. The highest BCUT2D eigenvalue weighted by molar-refractivity contribution is 8.13. The van der Waals surface area contributed by atoms with Crippen LogP contribution >= 0.6 is 10.7 Å². The molecule has 0 heterocycles. The van der Waals surface area contributed by atoms with Crippen molar-refractivity contribution < 1.29 is 17.6 Å². The van der Waals surface area contributed by atoms with Crippen LogP contribution in [0, 0.1) is 11.7 Å². The van der Waals surface area contributed by atoms with Crippen molar-refractivity contribution in [1.29, 1.82) is 0 Å². The van der Waals surface area contributed by atoms with Crippen molar-refractivity contribution in [1.82, 2.24) is 4.90 Å². The van der Waals surface area contributed by atoms with Crippen molar-refractivity contribution in [2.75, 3.05) is 6.54 Å². The lowest BCUT2D eigenvalue weighted by atomic mass is 10.1. The molecule has 1 aromatic rings. The summed E-state index contributed by atoms with van der Waals surface area (Å²) in [6.07, 6.45) is 4.03. The SMILES string of the molecule is O=C(c1cc(S(=O)(=O)Cl)ccc1F)N(CC1CC1)C1CC1. The minimum absolute atomic E-state index is 0.161. The topological polar surface area (TPSA) is 54.5 Å². The van der Waals surface area contributed by atoms with Gasteiger partial charge in [-0.25, -0.2) is 12.8 Å². The largest absolute Gasteiger partial charge is 0.335 e. The van der Waals surface area contributed by atoms with Crippen LogP contribution in [0.1, 0.15) is 36.0 Å². The van der Waals surface area contributed by atoms with Crippen LogP contribution in [0.15, 0.2) is 23.1 Å². The monoisotopic (exact) mass is 331 g/mol. The van der Waals surface area contributed by atoms with Gasteiger partial charge in [0.1, 0.15) is 5.82 Å². The van der Waals surface area contributed by atoms with Crippen LogP contribution in [-0.2, 0) is 9.05 Å². The standard InChI is InChI=1S/C14H15ClFNO3S/c15-21(19,20)11-5-6-13(16)12(7-11)14(18)17(10-3-4-10)8-9-1-2-9/h5-7,9-10H,1-4,8H2. The van der Waals surface area contributed by atoms with E-state index in [1.807, 2.05) is 0 Å². The van der Waals surface area contributed by atoms with E-state index in [0.29, 0.717) is 12.5 Å². The molecule has 114 valence electrons. The Hall–Kier alpha value is -1.14. The molecule has 0 aliphatic heterocycles. The van der Waals surface area contributed by atoms with Gasteiger partial charge in [-0.15, -0.1) is 0 Å². The van der Waals surface area contributed by atoms with Gasteiger partial charge in [-0.3, -0.25) is 4.79 Å². The summed E-state index contributed by atoms with van der Waals surface area (Å²) in [5, 5.41) is 0. The molecule has 0 radical (unpaired) electrons. The van der Waals surface area contributed by atoms with Gasteiger partial charge in [0.05, 0.1) is 10.5 Å². The minimum Gasteiger partial charge on any atom is -0.335 e. The molecule has 0 atom stereocenters. The normalized spacial score (nSPS) is 18.6. The van der Waals surface area contributed by atoms with E-state index in [0.717, 1.165) is 43.9 Å². The van der Waals surface area contributed by atoms with E-state index < -0.39 is 20.8 Å². The number of carbonyl (C=O) groups is 1. The summed E-state index contributed by atoms with van der Waals surface area (Å²) in [5.74, 6) is -0.660. The van der Waals surface area contributed by atoms with Crippen LogP contribution in [0.2, 0.25) is 0 Å². The summed E-state index contributed by atoms with van der Waals surface area (Å²) >= 11 is 0. The predicted molar refractivity (Wildman–Crippen MR) is 76.2 cm³/mol. The van der Waals surface area contributed by atoms with Crippen LogP contribution in [0.4, 0.5) is 4.39 Å². The predicted octanol–water partition coefficient (Wildman–Crippen LogP) is 2.77. The number of amides is 1. The molecule has 2 aliphatic rings. The first-order valence-electron chi connectivity index (χ1n) is 6.91. The Labute approximate surface area is 127 Å². The first kappa shape index (κ1) is 14.8. The van der Waals surface area contributed by atoms with E-state index in [1.165, 1.54) is 0 Å². The van der Waals surface area contributed by atoms with Crippen molar-refractivity contribution in [3.63, 3.8) is 0 Å². The summed E-state index contributed by atoms with van der Waals surface area (Å²) in [7, 11) is 1.28. The summed E-state index contributed by atoms with van der Waals surface area (Å²) in [6.45, 7) is 0.626. The molecule has 4 nitrogen and oxygen atoms in total. The number of nitrogens with zero attached hydrogens (tertiary/aromatic N) is 1. The number of halogens is 2. The van der Waals surface area contributed by atoms with Crippen LogP contribution < -0.4 is 0 Å². The second-order valence-electron chi connectivity index (χ2n) is 5.71. The van der Waals surface area contributed by atoms with E-state index in [9.17, 15) is 17.6 Å². The summed E-state index contributed by atoms with van der Waals surface area (Å²) in [5.41, 5.74) is -0.218. The molecule has 1 aromatic carbocycles. The zero-order valence-electron chi connectivity index (χ0n) is 11.3. The maximum Gasteiger partial charge on any atom is 0.261 e. The average Bonchev–Trinajstić information content (AvgIpc) is 3.26. The van der Waals surface area contributed by atoms with Gasteiger partial charge in [0.25, 0.3) is 15.0 Å². The van der Waals surface area contributed by atoms with Gasteiger partial charge < -0.3 is 4.90 Å². The van der Waals surface area contributed by atoms with E-state index in [1.54, 1.807) is 4.90 Å². The zero-order valence-corrected chi connectivity index (χ0v) is 12.8. The second kappa shape index (κ2) is 5.25. The Morgan fingerprint density at radius 2 is 1.95 bits per heavy atom. The molecule has 2 fully saturated rings. The Morgan fingerprint density at radius 1 is 1.29 bits per heavy atom. The van der Waals surface area contributed by atoms with E-state index in [-0.39, 0.29) is 16.5 Å². The molecule has 3 rings (SSSR count). The summed E-state index contributed by atoms with van der Waals surface area (Å²) < 4.78 is 36.6. The van der Waals surface area contributed by atoms with E-state index in [4.69, 9.17) is 10.7 Å². The van der Waals surface area contributed by atoms with Crippen LogP contribution in [0.3, 0.4) is 0 Å². The summed E-state index contributed by atoms with van der Waals surface area (Å²) in [4.78, 5) is 14.0. The van der Waals surface area contributed by atoms with Gasteiger partial charge in [-0.2, -0.15) is 0 Å². The van der Waals surface area contributed by atoms with Gasteiger partial charge in [-0.1, -0.05) is 0 Å². The molecular weight excluding hydrogens is 317 g/mol. The van der Waals surface area contributed by atoms with Crippen molar-refractivity contribution in [2.45, 2.75) is 36.6 Å².